The molecule has 1 heterocycles. The highest BCUT2D eigenvalue weighted by Crippen LogP contribution is 2.17. The predicted molar refractivity (Wildman–Crippen MR) is 95.4 cm³/mol. The van der Waals surface area contributed by atoms with E-state index in [9.17, 15) is 14.9 Å². The molecular weight excluding hydrogens is 360 g/mol. The van der Waals surface area contributed by atoms with Crippen molar-refractivity contribution >= 4 is 28.9 Å². The van der Waals surface area contributed by atoms with Gasteiger partial charge in [0, 0.05) is 29.0 Å². The van der Waals surface area contributed by atoms with E-state index in [4.69, 9.17) is 16.3 Å². The van der Waals surface area contributed by atoms with Crippen LogP contribution in [0.3, 0.4) is 0 Å². The summed E-state index contributed by atoms with van der Waals surface area (Å²) in [6, 6.07) is 14.0. The minimum absolute atomic E-state index is 0.0494. The molecule has 1 amide bonds. The summed E-state index contributed by atoms with van der Waals surface area (Å²) in [5.74, 6) is 0.200. The number of halogens is 1. The molecule has 0 aliphatic heterocycles. The summed E-state index contributed by atoms with van der Waals surface area (Å²) in [5, 5.41) is 18.0. The van der Waals surface area contributed by atoms with Gasteiger partial charge in [0.05, 0.1) is 4.92 Å². The maximum atomic E-state index is 12.2. The zero-order valence-corrected chi connectivity index (χ0v) is 14.1. The third kappa shape index (κ3) is 4.37. The molecule has 0 saturated carbocycles. The lowest BCUT2D eigenvalue weighted by Gasteiger charge is -2.06. The van der Waals surface area contributed by atoms with Crippen molar-refractivity contribution in [1.29, 1.82) is 0 Å². The van der Waals surface area contributed by atoms with Crippen LogP contribution in [0.15, 0.2) is 60.8 Å². The zero-order valence-electron chi connectivity index (χ0n) is 13.3. The summed E-state index contributed by atoms with van der Waals surface area (Å²) in [6.45, 7) is 0.131. The van der Waals surface area contributed by atoms with E-state index in [0.29, 0.717) is 16.5 Å². The highest BCUT2D eigenvalue weighted by Gasteiger charge is 2.11. The predicted octanol–water partition coefficient (Wildman–Crippen LogP) is 3.73. The summed E-state index contributed by atoms with van der Waals surface area (Å²) in [4.78, 5) is 22.3. The molecule has 0 aliphatic carbocycles. The number of amides is 1. The third-order valence-corrected chi connectivity index (χ3v) is 3.64. The Morgan fingerprint density at radius 3 is 2.50 bits per heavy atom. The Balaban J connectivity index is 1.58. The molecule has 0 fully saturated rings. The minimum atomic E-state index is -0.506. The van der Waals surface area contributed by atoms with Gasteiger partial charge in [-0.2, -0.15) is 5.10 Å². The molecule has 0 unspecified atom stereocenters. The van der Waals surface area contributed by atoms with Crippen LogP contribution in [-0.4, -0.2) is 20.6 Å². The highest BCUT2D eigenvalue weighted by molar-refractivity contribution is 6.30. The van der Waals surface area contributed by atoms with E-state index in [1.54, 1.807) is 36.5 Å². The number of benzene rings is 2. The van der Waals surface area contributed by atoms with Gasteiger partial charge in [-0.3, -0.25) is 14.9 Å². The van der Waals surface area contributed by atoms with Crippen molar-refractivity contribution in [3.63, 3.8) is 0 Å². The van der Waals surface area contributed by atoms with Crippen LogP contribution in [-0.2, 0) is 6.73 Å². The van der Waals surface area contributed by atoms with E-state index >= 15 is 0 Å². The Morgan fingerprint density at radius 2 is 1.85 bits per heavy atom. The van der Waals surface area contributed by atoms with Gasteiger partial charge >= 0.3 is 0 Å². The molecule has 8 nitrogen and oxygen atoms in total. The van der Waals surface area contributed by atoms with Crippen LogP contribution in [0.1, 0.15) is 10.5 Å². The van der Waals surface area contributed by atoms with E-state index in [0.717, 1.165) is 0 Å². The average Bonchev–Trinajstić information content (AvgIpc) is 3.11. The first-order valence-corrected chi connectivity index (χ1v) is 7.87. The van der Waals surface area contributed by atoms with Crippen LogP contribution >= 0.6 is 11.6 Å². The molecule has 9 heteroatoms. The van der Waals surface area contributed by atoms with Gasteiger partial charge in [0.1, 0.15) is 5.75 Å². The van der Waals surface area contributed by atoms with Crippen LogP contribution in [0, 0.1) is 10.1 Å². The Morgan fingerprint density at radius 1 is 1.15 bits per heavy atom. The number of carbonyl (C=O) groups is 1. The first kappa shape index (κ1) is 17.4. The van der Waals surface area contributed by atoms with Crippen molar-refractivity contribution in [2.24, 2.45) is 0 Å². The second-order valence-electron chi connectivity index (χ2n) is 5.23. The van der Waals surface area contributed by atoms with Gasteiger partial charge in [-0.25, -0.2) is 4.68 Å². The normalized spacial score (nSPS) is 10.3. The number of hydrogen-bond donors (Lipinski definition) is 1. The summed E-state index contributed by atoms with van der Waals surface area (Å²) < 4.78 is 7.01. The third-order valence-electron chi connectivity index (χ3n) is 3.39. The molecule has 0 saturated heterocycles. The van der Waals surface area contributed by atoms with Crippen LogP contribution in [0.5, 0.6) is 5.75 Å². The number of non-ortho nitro benzene ring substituents is 1. The molecule has 0 radical (unpaired) electrons. The standard InChI is InChI=1S/C17H13ClN4O4/c18-12-1-7-15(8-2-12)26-11-21-10-9-16(20-21)17(23)19-13-3-5-14(6-4-13)22(24)25/h1-10H,11H2,(H,19,23). The Hall–Kier alpha value is -3.39. The van der Waals surface area contributed by atoms with E-state index in [-0.39, 0.29) is 18.1 Å². The molecule has 3 aromatic rings. The van der Waals surface area contributed by atoms with Gasteiger partial charge in [-0.05, 0) is 42.5 Å². The molecule has 1 aromatic heterocycles. The van der Waals surface area contributed by atoms with E-state index in [1.807, 2.05) is 0 Å². The van der Waals surface area contributed by atoms with Crippen molar-refractivity contribution in [2.75, 3.05) is 5.32 Å². The number of nitrogens with one attached hydrogen (secondary N) is 1. The van der Waals surface area contributed by atoms with Gasteiger partial charge in [0.15, 0.2) is 12.4 Å². The number of nitro benzene ring substituents is 1. The molecule has 1 N–H and O–H groups in total. The summed E-state index contributed by atoms with van der Waals surface area (Å²) in [6.07, 6.45) is 1.61. The van der Waals surface area contributed by atoms with Crippen LogP contribution < -0.4 is 10.1 Å². The summed E-state index contributed by atoms with van der Waals surface area (Å²) in [7, 11) is 0. The first-order valence-electron chi connectivity index (χ1n) is 7.49. The van der Waals surface area contributed by atoms with Crippen molar-refractivity contribution in [1.82, 2.24) is 9.78 Å². The second kappa shape index (κ2) is 7.66. The number of anilines is 1. The Labute approximate surface area is 153 Å². The van der Waals surface area contributed by atoms with Gasteiger partial charge in [0.25, 0.3) is 11.6 Å². The molecule has 26 heavy (non-hydrogen) atoms. The molecule has 2 aromatic carbocycles. The molecule has 0 spiro atoms. The SMILES string of the molecule is O=C(Nc1ccc([N+](=O)[O-])cc1)c1ccn(COc2ccc(Cl)cc2)n1. The lowest BCUT2D eigenvalue weighted by Crippen LogP contribution is -2.14. The molecule has 0 bridgehead atoms. The van der Waals surface area contributed by atoms with Crippen LogP contribution in [0.25, 0.3) is 0 Å². The maximum Gasteiger partial charge on any atom is 0.276 e. The van der Waals surface area contributed by atoms with Gasteiger partial charge in [-0.1, -0.05) is 11.6 Å². The number of aromatic nitrogens is 2. The summed E-state index contributed by atoms with van der Waals surface area (Å²) in [5.41, 5.74) is 0.585. The fraction of sp³-hybridized carbons (Fsp3) is 0.0588. The highest BCUT2D eigenvalue weighted by atomic mass is 35.5. The van der Waals surface area contributed by atoms with Crippen molar-refractivity contribution in [2.45, 2.75) is 6.73 Å². The van der Waals surface area contributed by atoms with Crippen molar-refractivity contribution < 1.29 is 14.5 Å². The van der Waals surface area contributed by atoms with Gasteiger partial charge < -0.3 is 10.1 Å². The zero-order chi connectivity index (χ0) is 18.5. The maximum absolute atomic E-state index is 12.2. The molecule has 132 valence electrons. The fourth-order valence-corrected chi connectivity index (χ4v) is 2.21. The van der Waals surface area contributed by atoms with Crippen LogP contribution in [0.4, 0.5) is 11.4 Å². The number of rotatable bonds is 6. The van der Waals surface area contributed by atoms with Crippen molar-refractivity contribution in [3.8, 4) is 5.75 Å². The van der Waals surface area contributed by atoms with Crippen molar-refractivity contribution in [3.05, 3.63) is 81.6 Å². The molecule has 0 aliphatic rings. The van der Waals surface area contributed by atoms with E-state index in [1.165, 1.54) is 28.9 Å². The number of nitro groups is 1. The Bertz CT molecular complexity index is 923. The van der Waals surface area contributed by atoms with E-state index < -0.39 is 10.8 Å². The minimum Gasteiger partial charge on any atom is -0.471 e. The fourth-order valence-electron chi connectivity index (χ4n) is 2.09. The number of nitrogens with zero attached hydrogens (tertiary/aromatic N) is 3. The first-order chi connectivity index (χ1) is 12.5. The lowest BCUT2D eigenvalue weighted by atomic mass is 10.3. The largest absolute Gasteiger partial charge is 0.471 e. The topological polar surface area (TPSA) is 99.3 Å². The number of ether oxygens (including phenoxy) is 1. The van der Waals surface area contributed by atoms with E-state index in [2.05, 4.69) is 10.4 Å². The van der Waals surface area contributed by atoms with Gasteiger partial charge in [0.2, 0.25) is 0 Å². The smallest absolute Gasteiger partial charge is 0.276 e. The molecule has 3 rings (SSSR count). The number of hydrogen-bond acceptors (Lipinski definition) is 5. The van der Waals surface area contributed by atoms with Crippen LogP contribution in [0.2, 0.25) is 5.02 Å². The quantitative estimate of drug-likeness (QED) is 0.525. The summed E-state index contributed by atoms with van der Waals surface area (Å²) >= 11 is 5.81. The second-order valence-corrected chi connectivity index (χ2v) is 5.66. The number of carbonyl (C=O) groups excluding carboxylic acids is 1. The molecule has 0 atom stereocenters. The van der Waals surface area contributed by atoms with Gasteiger partial charge in [-0.15, -0.1) is 0 Å². The Kier molecular flexibility index (Phi) is 5.14. The average molecular weight is 373 g/mol. The lowest BCUT2D eigenvalue weighted by molar-refractivity contribution is -0.384. The monoisotopic (exact) mass is 372 g/mol. The molecular formula is C17H13ClN4O4.